The molecule has 6 nitrogen and oxygen atoms in total. The summed E-state index contributed by atoms with van der Waals surface area (Å²) in [6.45, 7) is 3.19. The first-order chi connectivity index (χ1) is 10.5. The summed E-state index contributed by atoms with van der Waals surface area (Å²) in [6.07, 6.45) is 2.16. The Morgan fingerprint density at radius 3 is 2.77 bits per heavy atom. The van der Waals surface area contributed by atoms with Crippen LogP contribution in [0.25, 0.3) is 0 Å². The largest absolute Gasteiger partial charge is 0.366 e. The molecule has 1 saturated heterocycles. The van der Waals surface area contributed by atoms with Gasteiger partial charge in [-0.15, -0.1) is 0 Å². The number of primary amides is 1. The number of benzene rings is 1. The van der Waals surface area contributed by atoms with Gasteiger partial charge in [-0.2, -0.15) is 0 Å². The fraction of sp³-hybridized carbons (Fsp3) is 0.438. The van der Waals surface area contributed by atoms with Crippen molar-refractivity contribution in [3.05, 3.63) is 29.8 Å². The summed E-state index contributed by atoms with van der Waals surface area (Å²) in [4.78, 5) is 37.3. The number of para-hydroxylation sites is 1. The van der Waals surface area contributed by atoms with Gasteiger partial charge < -0.3 is 16.0 Å². The maximum Gasteiger partial charge on any atom is 0.250 e. The molecule has 6 heteroatoms. The lowest BCUT2D eigenvalue weighted by molar-refractivity contribution is -0.128. The van der Waals surface area contributed by atoms with Crippen LogP contribution in [0.5, 0.6) is 0 Å². The maximum absolute atomic E-state index is 12.3. The van der Waals surface area contributed by atoms with Crippen LogP contribution in [-0.4, -0.2) is 35.7 Å². The van der Waals surface area contributed by atoms with E-state index in [1.807, 2.05) is 0 Å². The fourth-order valence-corrected chi connectivity index (χ4v) is 2.55. The monoisotopic (exact) mass is 303 g/mol. The van der Waals surface area contributed by atoms with Gasteiger partial charge in [0.05, 0.1) is 17.2 Å². The molecule has 1 aliphatic heterocycles. The van der Waals surface area contributed by atoms with Gasteiger partial charge in [-0.05, 0) is 18.6 Å². The third-order valence-electron chi connectivity index (χ3n) is 3.82. The number of unbranched alkanes of at least 4 members (excludes halogenated alkanes) is 1. The minimum Gasteiger partial charge on any atom is -0.366 e. The Hall–Kier alpha value is -2.37. The van der Waals surface area contributed by atoms with E-state index in [-0.39, 0.29) is 29.7 Å². The second kappa shape index (κ2) is 7.06. The van der Waals surface area contributed by atoms with Crippen LogP contribution in [0.3, 0.4) is 0 Å². The van der Waals surface area contributed by atoms with Gasteiger partial charge in [-0.3, -0.25) is 14.4 Å². The molecule has 0 spiro atoms. The lowest BCUT2D eigenvalue weighted by Crippen LogP contribution is -2.29. The molecular formula is C16H21N3O3. The minimum absolute atomic E-state index is 0.0109. The van der Waals surface area contributed by atoms with E-state index >= 15 is 0 Å². The summed E-state index contributed by atoms with van der Waals surface area (Å²) in [5.41, 5.74) is 5.95. The highest BCUT2D eigenvalue weighted by Gasteiger charge is 2.34. The molecule has 3 N–H and O–H groups in total. The number of likely N-dealkylation sites (tertiary alicyclic amines) is 1. The van der Waals surface area contributed by atoms with E-state index in [2.05, 4.69) is 12.2 Å². The highest BCUT2D eigenvalue weighted by molar-refractivity contribution is 6.04. The van der Waals surface area contributed by atoms with E-state index in [4.69, 9.17) is 5.73 Å². The number of anilines is 1. The number of nitrogens with zero attached hydrogens (tertiary/aromatic N) is 1. The second-order valence-electron chi connectivity index (χ2n) is 5.49. The molecule has 1 heterocycles. The molecule has 1 aliphatic rings. The van der Waals surface area contributed by atoms with Gasteiger partial charge in [0.2, 0.25) is 11.8 Å². The first kappa shape index (κ1) is 16.0. The van der Waals surface area contributed by atoms with Gasteiger partial charge in [-0.1, -0.05) is 25.5 Å². The van der Waals surface area contributed by atoms with Gasteiger partial charge in [0.15, 0.2) is 0 Å². The SMILES string of the molecule is CCCCN1C[C@H](C(=O)Nc2ccccc2C(N)=O)CC1=O. The summed E-state index contributed by atoms with van der Waals surface area (Å²) in [6, 6.07) is 6.59. The molecule has 118 valence electrons. The zero-order valence-corrected chi connectivity index (χ0v) is 12.7. The number of carbonyl (C=O) groups is 3. The molecule has 0 saturated carbocycles. The zero-order valence-electron chi connectivity index (χ0n) is 12.7. The summed E-state index contributed by atoms with van der Waals surface area (Å²) >= 11 is 0. The molecule has 0 aromatic heterocycles. The molecule has 1 aromatic carbocycles. The van der Waals surface area contributed by atoms with Crippen LogP contribution in [0.2, 0.25) is 0 Å². The van der Waals surface area contributed by atoms with Gasteiger partial charge in [0, 0.05) is 19.5 Å². The fourth-order valence-electron chi connectivity index (χ4n) is 2.55. The quantitative estimate of drug-likeness (QED) is 0.831. The lowest BCUT2D eigenvalue weighted by atomic mass is 10.1. The molecule has 1 fully saturated rings. The summed E-state index contributed by atoms with van der Waals surface area (Å²) in [7, 11) is 0. The standard InChI is InChI=1S/C16H21N3O3/c1-2-3-8-19-10-11(9-14(19)20)16(22)18-13-7-5-4-6-12(13)15(17)21/h4-7,11H,2-3,8-10H2,1H3,(H2,17,21)(H,18,22)/t11-/m1/s1. The number of amides is 3. The minimum atomic E-state index is -0.594. The van der Waals surface area contributed by atoms with Crippen LogP contribution in [0.1, 0.15) is 36.5 Å². The first-order valence-corrected chi connectivity index (χ1v) is 7.50. The molecule has 3 amide bonds. The van der Waals surface area contributed by atoms with Crippen molar-refractivity contribution in [3.8, 4) is 0 Å². The highest BCUT2D eigenvalue weighted by Crippen LogP contribution is 2.21. The van der Waals surface area contributed by atoms with Crippen LogP contribution in [-0.2, 0) is 9.59 Å². The zero-order chi connectivity index (χ0) is 16.1. The predicted molar refractivity (Wildman–Crippen MR) is 83.2 cm³/mol. The van der Waals surface area contributed by atoms with Crippen LogP contribution in [0, 0.1) is 5.92 Å². The van der Waals surface area contributed by atoms with Crippen LogP contribution in [0.4, 0.5) is 5.69 Å². The number of hydrogen-bond acceptors (Lipinski definition) is 3. The van der Waals surface area contributed by atoms with Crippen molar-refractivity contribution in [2.75, 3.05) is 18.4 Å². The van der Waals surface area contributed by atoms with Gasteiger partial charge >= 0.3 is 0 Å². The number of carbonyl (C=O) groups excluding carboxylic acids is 3. The van der Waals surface area contributed by atoms with Crippen LogP contribution < -0.4 is 11.1 Å². The van der Waals surface area contributed by atoms with Crippen molar-refractivity contribution < 1.29 is 14.4 Å². The van der Waals surface area contributed by atoms with E-state index in [1.165, 1.54) is 0 Å². The summed E-state index contributed by atoms with van der Waals surface area (Å²) in [5, 5.41) is 2.71. The Labute approximate surface area is 129 Å². The molecule has 1 aromatic rings. The average Bonchev–Trinajstić information content (AvgIpc) is 2.86. The Kier molecular flexibility index (Phi) is 5.14. The van der Waals surface area contributed by atoms with E-state index in [1.54, 1.807) is 29.2 Å². The lowest BCUT2D eigenvalue weighted by Gasteiger charge is -2.16. The first-order valence-electron chi connectivity index (χ1n) is 7.50. The second-order valence-corrected chi connectivity index (χ2v) is 5.49. The van der Waals surface area contributed by atoms with Crippen LogP contribution in [0.15, 0.2) is 24.3 Å². The third-order valence-corrected chi connectivity index (χ3v) is 3.82. The smallest absolute Gasteiger partial charge is 0.250 e. The topological polar surface area (TPSA) is 92.5 Å². The number of nitrogens with one attached hydrogen (secondary N) is 1. The van der Waals surface area contributed by atoms with Crippen molar-refractivity contribution in [3.63, 3.8) is 0 Å². The summed E-state index contributed by atoms with van der Waals surface area (Å²) < 4.78 is 0. The normalized spacial score (nSPS) is 17.6. The predicted octanol–water partition coefficient (Wildman–Crippen LogP) is 1.37. The van der Waals surface area contributed by atoms with Gasteiger partial charge in [0.25, 0.3) is 5.91 Å². The molecule has 0 bridgehead atoms. The van der Waals surface area contributed by atoms with Gasteiger partial charge in [-0.25, -0.2) is 0 Å². The van der Waals surface area contributed by atoms with Crippen molar-refractivity contribution >= 4 is 23.4 Å². The average molecular weight is 303 g/mol. The van der Waals surface area contributed by atoms with Gasteiger partial charge in [0.1, 0.15) is 0 Å². The summed E-state index contributed by atoms with van der Waals surface area (Å²) in [5.74, 6) is -1.22. The molecule has 1 atom stereocenters. The Morgan fingerprint density at radius 1 is 1.36 bits per heavy atom. The molecule has 0 unspecified atom stereocenters. The molecule has 0 radical (unpaired) electrons. The molecular weight excluding hydrogens is 282 g/mol. The number of hydrogen-bond donors (Lipinski definition) is 2. The Morgan fingerprint density at radius 2 is 2.09 bits per heavy atom. The number of rotatable bonds is 6. The van der Waals surface area contributed by atoms with Crippen molar-refractivity contribution in [1.29, 1.82) is 0 Å². The van der Waals surface area contributed by atoms with Crippen LogP contribution >= 0.6 is 0 Å². The van der Waals surface area contributed by atoms with E-state index < -0.39 is 5.91 Å². The maximum atomic E-state index is 12.3. The van der Waals surface area contributed by atoms with Crippen molar-refractivity contribution in [2.45, 2.75) is 26.2 Å². The Balaban J connectivity index is 2.02. The van der Waals surface area contributed by atoms with Crippen molar-refractivity contribution in [1.82, 2.24) is 4.90 Å². The van der Waals surface area contributed by atoms with E-state index in [0.717, 1.165) is 12.8 Å². The van der Waals surface area contributed by atoms with E-state index in [0.29, 0.717) is 18.8 Å². The number of nitrogens with two attached hydrogens (primary N) is 1. The third kappa shape index (κ3) is 3.63. The highest BCUT2D eigenvalue weighted by atomic mass is 16.2. The molecule has 0 aliphatic carbocycles. The van der Waals surface area contributed by atoms with Crippen molar-refractivity contribution in [2.24, 2.45) is 11.7 Å². The molecule has 22 heavy (non-hydrogen) atoms. The Bertz CT molecular complexity index is 586. The molecule has 2 rings (SSSR count). The van der Waals surface area contributed by atoms with E-state index in [9.17, 15) is 14.4 Å².